The van der Waals surface area contributed by atoms with Gasteiger partial charge in [-0.15, -0.1) is 0 Å². The van der Waals surface area contributed by atoms with Crippen LogP contribution in [0.15, 0.2) is 150 Å². The van der Waals surface area contributed by atoms with Crippen LogP contribution in [0.3, 0.4) is 0 Å². The molecule has 0 aliphatic carbocycles. The first kappa shape index (κ1) is 25.8. The van der Waals surface area contributed by atoms with Gasteiger partial charge < -0.3 is 4.42 Å². The molecule has 0 radical (unpaired) electrons. The molecule has 0 bridgehead atoms. The summed E-state index contributed by atoms with van der Waals surface area (Å²) in [6.07, 6.45) is 1.94. The van der Waals surface area contributed by atoms with Crippen molar-refractivity contribution < 1.29 is 4.42 Å². The lowest BCUT2D eigenvalue weighted by Gasteiger charge is -2.15. The summed E-state index contributed by atoms with van der Waals surface area (Å²) in [7, 11) is 0. The Morgan fingerprint density at radius 3 is 1.81 bits per heavy atom. The van der Waals surface area contributed by atoms with E-state index in [1.165, 1.54) is 54.2 Å². The Bertz CT molecular complexity index is 2840. The topological polar surface area (TPSA) is 49.8 Å². The highest BCUT2D eigenvalue weighted by atomic mass is 16.3. The van der Waals surface area contributed by atoms with Crippen molar-refractivity contribution in [3.63, 3.8) is 0 Å². The Morgan fingerprint density at radius 2 is 1.11 bits per heavy atom. The quantitative estimate of drug-likeness (QED) is 0.191. The summed E-state index contributed by atoms with van der Waals surface area (Å²) >= 11 is 0. The smallest absolute Gasteiger partial charge is 0.135 e. The van der Waals surface area contributed by atoms with Crippen molar-refractivity contribution in [1.82, 2.24) is 4.98 Å². The van der Waals surface area contributed by atoms with Crippen molar-refractivity contribution >= 4 is 65.0 Å². The number of nitrogens with zero attached hydrogens (tertiary/aromatic N) is 2. The number of aromatic nitrogens is 1. The molecule has 0 unspecified atom stereocenters. The maximum atomic E-state index is 9.39. The number of benzene rings is 8. The lowest BCUT2D eigenvalue weighted by Crippen LogP contribution is -1.89. The average molecular weight is 597 g/mol. The van der Waals surface area contributed by atoms with Crippen LogP contribution in [0, 0.1) is 11.3 Å². The number of hydrogen-bond acceptors (Lipinski definition) is 3. The molecular weight excluding hydrogens is 572 g/mol. The third-order valence-corrected chi connectivity index (χ3v) is 9.63. The molecule has 10 aromatic rings. The number of rotatable bonds is 3. The van der Waals surface area contributed by atoms with E-state index in [4.69, 9.17) is 9.40 Å². The van der Waals surface area contributed by atoms with E-state index in [-0.39, 0.29) is 0 Å². The highest BCUT2D eigenvalue weighted by Gasteiger charge is 2.14. The Balaban J connectivity index is 1.04. The van der Waals surface area contributed by atoms with Crippen LogP contribution < -0.4 is 0 Å². The summed E-state index contributed by atoms with van der Waals surface area (Å²) in [4.78, 5) is 4.92. The standard InChI is InChI=1S/C44H24N2O/c45-24-26-8-16-41-38(18-26)39-23-28(14-17-42(39)47-41)33-13-15-40(46-25-33)35-21-31-11-9-29-19-34(20-30-10-12-32(22-35)44(31)43(29)30)37-7-3-5-27-4-1-2-6-36(27)37/h1-23,25H. The first-order chi connectivity index (χ1) is 23.2. The number of fused-ring (bicyclic) bond motifs is 4. The predicted molar refractivity (Wildman–Crippen MR) is 194 cm³/mol. The van der Waals surface area contributed by atoms with Gasteiger partial charge in [0.25, 0.3) is 0 Å². The van der Waals surface area contributed by atoms with Crippen molar-refractivity contribution in [1.29, 1.82) is 5.26 Å². The fraction of sp³-hybridized carbons (Fsp3) is 0. The fourth-order valence-electron chi connectivity index (χ4n) is 7.38. The van der Waals surface area contributed by atoms with Gasteiger partial charge in [-0.05, 0) is 120 Å². The molecule has 0 amide bonds. The van der Waals surface area contributed by atoms with Gasteiger partial charge in [-0.1, -0.05) is 78.9 Å². The Labute approximate surface area is 269 Å². The van der Waals surface area contributed by atoms with Gasteiger partial charge >= 0.3 is 0 Å². The van der Waals surface area contributed by atoms with Crippen LogP contribution in [0.1, 0.15) is 5.56 Å². The van der Waals surface area contributed by atoms with E-state index < -0.39 is 0 Å². The monoisotopic (exact) mass is 596 g/mol. The normalized spacial score (nSPS) is 11.8. The lowest BCUT2D eigenvalue weighted by molar-refractivity contribution is 0.669. The molecule has 0 fully saturated rings. The van der Waals surface area contributed by atoms with Gasteiger partial charge in [0.15, 0.2) is 0 Å². The fourth-order valence-corrected chi connectivity index (χ4v) is 7.38. The first-order valence-corrected chi connectivity index (χ1v) is 15.7. The van der Waals surface area contributed by atoms with Crippen molar-refractivity contribution in [3.05, 3.63) is 151 Å². The minimum atomic E-state index is 0.621. The molecule has 0 saturated carbocycles. The lowest BCUT2D eigenvalue weighted by atomic mass is 9.89. The average Bonchev–Trinajstić information content (AvgIpc) is 3.50. The van der Waals surface area contributed by atoms with Crippen LogP contribution >= 0.6 is 0 Å². The van der Waals surface area contributed by atoms with Crippen LogP contribution in [0.25, 0.3) is 98.5 Å². The zero-order chi connectivity index (χ0) is 31.1. The number of pyridine rings is 1. The second kappa shape index (κ2) is 9.75. The third kappa shape index (κ3) is 3.96. The minimum Gasteiger partial charge on any atom is -0.456 e. The highest BCUT2D eigenvalue weighted by molar-refractivity contribution is 6.24. The predicted octanol–water partition coefficient (Wildman–Crippen LogP) is 11.9. The Kier molecular flexibility index (Phi) is 5.35. The highest BCUT2D eigenvalue weighted by Crippen LogP contribution is 2.41. The summed E-state index contributed by atoms with van der Waals surface area (Å²) < 4.78 is 6.02. The molecular formula is C44H24N2O. The maximum Gasteiger partial charge on any atom is 0.135 e. The van der Waals surface area contributed by atoms with Gasteiger partial charge in [0.05, 0.1) is 17.3 Å². The van der Waals surface area contributed by atoms with Crippen molar-refractivity contribution in [2.45, 2.75) is 0 Å². The maximum absolute atomic E-state index is 9.39. The zero-order valence-electron chi connectivity index (χ0n) is 25.2. The second-order valence-corrected chi connectivity index (χ2v) is 12.3. The molecule has 0 N–H and O–H groups in total. The molecule has 0 aliphatic rings. The van der Waals surface area contributed by atoms with Crippen LogP contribution in [0.4, 0.5) is 0 Å². The molecule has 0 spiro atoms. The molecule has 3 heteroatoms. The van der Waals surface area contributed by atoms with Gasteiger partial charge in [-0.2, -0.15) is 5.26 Å². The van der Waals surface area contributed by atoms with Crippen molar-refractivity contribution in [2.24, 2.45) is 0 Å². The molecule has 0 aliphatic heterocycles. The molecule has 10 rings (SSSR count). The molecule has 0 saturated heterocycles. The van der Waals surface area contributed by atoms with E-state index in [1.54, 1.807) is 6.07 Å². The van der Waals surface area contributed by atoms with Gasteiger partial charge in [-0.3, -0.25) is 4.98 Å². The number of furan rings is 1. The summed E-state index contributed by atoms with van der Waals surface area (Å²) in [5, 5.41) is 21.4. The Morgan fingerprint density at radius 1 is 0.468 bits per heavy atom. The van der Waals surface area contributed by atoms with E-state index in [9.17, 15) is 5.26 Å². The van der Waals surface area contributed by atoms with Gasteiger partial charge in [0.2, 0.25) is 0 Å². The molecule has 0 atom stereocenters. The van der Waals surface area contributed by atoms with E-state index in [0.717, 1.165) is 44.3 Å². The van der Waals surface area contributed by atoms with Gasteiger partial charge in [0.1, 0.15) is 11.2 Å². The minimum absolute atomic E-state index is 0.621. The van der Waals surface area contributed by atoms with Crippen LogP contribution in [0.5, 0.6) is 0 Å². The molecule has 2 aromatic heterocycles. The molecule has 216 valence electrons. The number of hydrogen-bond donors (Lipinski definition) is 0. The third-order valence-electron chi connectivity index (χ3n) is 9.63. The summed E-state index contributed by atoms with van der Waals surface area (Å²) in [5.41, 5.74) is 8.83. The molecule has 8 aromatic carbocycles. The molecule has 2 heterocycles. The van der Waals surface area contributed by atoms with E-state index in [1.807, 2.05) is 24.4 Å². The summed E-state index contributed by atoms with van der Waals surface area (Å²) in [6.45, 7) is 0. The van der Waals surface area contributed by atoms with E-state index in [0.29, 0.717) is 5.56 Å². The van der Waals surface area contributed by atoms with Crippen LogP contribution in [-0.2, 0) is 0 Å². The largest absolute Gasteiger partial charge is 0.456 e. The summed E-state index contributed by atoms with van der Waals surface area (Å²) in [6, 6.07) is 51.5. The van der Waals surface area contributed by atoms with Crippen LogP contribution in [0.2, 0.25) is 0 Å². The second-order valence-electron chi connectivity index (χ2n) is 12.3. The van der Waals surface area contributed by atoms with Gasteiger partial charge in [-0.25, -0.2) is 0 Å². The summed E-state index contributed by atoms with van der Waals surface area (Å²) in [5.74, 6) is 0. The Hall–Kier alpha value is -6.50. The van der Waals surface area contributed by atoms with E-state index in [2.05, 4.69) is 121 Å². The van der Waals surface area contributed by atoms with Crippen LogP contribution in [-0.4, -0.2) is 4.98 Å². The van der Waals surface area contributed by atoms with E-state index >= 15 is 0 Å². The SMILES string of the molecule is N#Cc1ccc2oc3ccc(-c4ccc(-c5cc6ccc7cc(-c8cccc9ccccc89)cc8ccc(c5)c6c78)nc4)cc3c2c1. The first-order valence-electron chi connectivity index (χ1n) is 15.7. The van der Waals surface area contributed by atoms with Crippen molar-refractivity contribution in [2.75, 3.05) is 0 Å². The van der Waals surface area contributed by atoms with Gasteiger partial charge in [0, 0.05) is 28.1 Å². The van der Waals surface area contributed by atoms with Crippen molar-refractivity contribution in [3.8, 4) is 39.6 Å². The zero-order valence-corrected chi connectivity index (χ0v) is 25.2. The molecule has 3 nitrogen and oxygen atoms in total. The number of nitriles is 1. The molecule has 47 heavy (non-hydrogen) atoms.